The van der Waals surface area contributed by atoms with Gasteiger partial charge in [0.1, 0.15) is 12.2 Å². The molecule has 0 atom stereocenters. The van der Waals surface area contributed by atoms with Gasteiger partial charge in [0, 0.05) is 5.69 Å². The molecule has 1 heterocycles. The number of rotatable bonds is 4. The molecule has 0 fully saturated rings. The minimum Gasteiger partial charge on any atom is -0.390 e. The lowest BCUT2D eigenvalue weighted by Gasteiger charge is -2.07. The van der Waals surface area contributed by atoms with Crippen molar-refractivity contribution in [1.29, 1.82) is 0 Å². The van der Waals surface area contributed by atoms with Crippen molar-refractivity contribution >= 4 is 11.6 Å². The zero-order valence-corrected chi connectivity index (χ0v) is 11.0. The molecule has 20 heavy (non-hydrogen) atoms. The molecule has 104 valence electrons. The quantitative estimate of drug-likeness (QED) is 0.866. The number of amides is 1. The van der Waals surface area contributed by atoms with Crippen molar-refractivity contribution in [2.75, 3.05) is 5.32 Å². The van der Waals surface area contributed by atoms with E-state index in [1.165, 1.54) is 22.2 Å². The van der Waals surface area contributed by atoms with E-state index >= 15 is 0 Å². The molecular formula is C14H16N4O2. The van der Waals surface area contributed by atoms with Crippen LogP contribution in [0.5, 0.6) is 0 Å². The standard InChI is InChI=1S/C14H16N4O2/c19-9-13-7-18(17-16-13)8-14(20)15-12-5-4-10-2-1-3-11(10)6-12/h4-7,19H,1-3,8-9H2,(H,15,20). The summed E-state index contributed by atoms with van der Waals surface area (Å²) in [7, 11) is 0. The third-order valence-corrected chi connectivity index (χ3v) is 3.44. The van der Waals surface area contributed by atoms with Crippen molar-refractivity contribution in [1.82, 2.24) is 15.0 Å². The number of carbonyl (C=O) groups excluding carboxylic acids is 1. The van der Waals surface area contributed by atoms with E-state index in [0.29, 0.717) is 5.69 Å². The Labute approximate surface area is 116 Å². The fraction of sp³-hybridized carbons (Fsp3) is 0.357. The molecule has 0 saturated heterocycles. The number of hydrogen-bond acceptors (Lipinski definition) is 4. The Morgan fingerprint density at radius 1 is 1.35 bits per heavy atom. The number of fused-ring (bicyclic) bond motifs is 1. The van der Waals surface area contributed by atoms with Crippen LogP contribution in [-0.2, 0) is 30.8 Å². The second-order valence-electron chi connectivity index (χ2n) is 4.95. The lowest BCUT2D eigenvalue weighted by molar-refractivity contribution is -0.116. The SMILES string of the molecule is O=C(Cn1cc(CO)nn1)Nc1ccc2c(c1)CCC2. The largest absolute Gasteiger partial charge is 0.390 e. The molecule has 0 radical (unpaired) electrons. The third kappa shape index (κ3) is 2.70. The predicted octanol–water partition coefficient (Wildman–Crippen LogP) is 0.898. The van der Waals surface area contributed by atoms with Gasteiger partial charge in [-0.25, -0.2) is 4.68 Å². The zero-order chi connectivity index (χ0) is 13.9. The molecule has 0 saturated carbocycles. The minimum atomic E-state index is -0.174. The number of carbonyl (C=O) groups is 1. The van der Waals surface area contributed by atoms with Crippen molar-refractivity contribution in [2.45, 2.75) is 32.4 Å². The first-order valence-electron chi connectivity index (χ1n) is 6.66. The van der Waals surface area contributed by atoms with Gasteiger partial charge >= 0.3 is 0 Å². The summed E-state index contributed by atoms with van der Waals surface area (Å²) in [5.74, 6) is -0.155. The molecule has 1 aromatic carbocycles. The van der Waals surface area contributed by atoms with Crippen LogP contribution in [0.1, 0.15) is 23.2 Å². The summed E-state index contributed by atoms with van der Waals surface area (Å²) in [5.41, 5.74) is 3.98. The molecule has 0 bridgehead atoms. The Kier molecular flexibility index (Phi) is 3.47. The van der Waals surface area contributed by atoms with Gasteiger partial charge in [-0.2, -0.15) is 0 Å². The van der Waals surface area contributed by atoms with Crippen molar-refractivity contribution < 1.29 is 9.90 Å². The highest BCUT2D eigenvalue weighted by atomic mass is 16.3. The van der Waals surface area contributed by atoms with Crippen molar-refractivity contribution in [3.63, 3.8) is 0 Å². The van der Waals surface area contributed by atoms with E-state index in [9.17, 15) is 4.79 Å². The van der Waals surface area contributed by atoms with Gasteiger partial charge < -0.3 is 10.4 Å². The summed E-state index contributed by atoms with van der Waals surface area (Å²) in [6.07, 6.45) is 4.96. The number of hydrogen-bond donors (Lipinski definition) is 2. The summed E-state index contributed by atoms with van der Waals surface area (Å²) in [6.45, 7) is -0.0868. The van der Waals surface area contributed by atoms with E-state index in [1.807, 2.05) is 12.1 Å². The Balaban J connectivity index is 1.64. The number of aliphatic hydroxyl groups excluding tert-OH is 1. The average Bonchev–Trinajstić information content (AvgIpc) is 3.06. The van der Waals surface area contributed by atoms with Gasteiger partial charge in [0.2, 0.25) is 5.91 Å². The number of aromatic nitrogens is 3. The maximum atomic E-state index is 11.9. The van der Waals surface area contributed by atoms with Crippen molar-refractivity contribution in [3.05, 3.63) is 41.2 Å². The van der Waals surface area contributed by atoms with Crippen LogP contribution in [0, 0.1) is 0 Å². The predicted molar refractivity (Wildman–Crippen MR) is 73.0 cm³/mol. The summed E-state index contributed by atoms with van der Waals surface area (Å²) < 4.78 is 1.41. The topological polar surface area (TPSA) is 80.0 Å². The van der Waals surface area contributed by atoms with E-state index in [4.69, 9.17) is 5.11 Å². The average molecular weight is 272 g/mol. The molecule has 6 heteroatoms. The molecular weight excluding hydrogens is 256 g/mol. The Hall–Kier alpha value is -2.21. The van der Waals surface area contributed by atoms with Crippen LogP contribution in [0.15, 0.2) is 24.4 Å². The number of aryl methyl sites for hydroxylation is 2. The van der Waals surface area contributed by atoms with Gasteiger partial charge in [-0.05, 0) is 42.5 Å². The molecule has 0 aliphatic heterocycles. The number of aliphatic hydroxyl groups is 1. The highest BCUT2D eigenvalue weighted by molar-refractivity contribution is 5.90. The molecule has 1 aliphatic rings. The molecule has 6 nitrogen and oxygen atoms in total. The van der Waals surface area contributed by atoms with Crippen LogP contribution >= 0.6 is 0 Å². The lowest BCUT2D eigenvalue weighted by atomic mass is 10.1. The minimum absolute atomic E-state index is 0.0874. The molecule has 1 amide bonds. The summed E-state index contributed by atoms with van der Waals surface area (Å²) in [6, 6.07) is 6.06. The molecule has 2 N–H and O–H groups in total. The maximum absolute atomic E-state index is 11.9. The number of nitrogens with zero attached hydrogens (tertiary/aromatic N) is 3. The van der Waals surface area contributed by atoms with E-state index in [-0.39, 0.29) is 19.1 Å². The Morgan fingerprint density at radius 2 is 2.20 bits per heavy atom. The zero-order valence-electron chi connectivity index (χ0n) is 11.0. The maximum Gasteiger partial charge on any atom is 0.246 e. The molecule has 0 spiro atoms. The first-order chi connectivity index (χ1) is 9.74. The van der Waals surface area contributed by atoms with E-state index in [1.54, 1.807) is 6.20 Å². The van der Waals surface area contributed by atoms with Crippen LogP contribution in [0.2, 0.25) is 0 Å². The fourth-order valence-corrected chi connectivity index (χ4v) is 2.49. The first-order valence-corrected chi connectivity index (χ1v) is 6.66. The Morgan fingerprint density at radius 3 is 3.00 bits per heavy atom. The summed E-state index contributed by atoms with van der Waals surface area (Å²) in [5, 5.41) is 19.2. The van der Waals surface area contributed by atoms with E-state index in [2.05, 4.69) is 21.7 Å². The van der Waals surface area contributed by atoms with Crippen LogP contribution in [0.3, 0.4) is 0 Å². The van der Waals surface area contributed by atoms with Gasteiger partial charge in [0.05, 0.1) is 12.8 Å². The summed E-state index contributed by atoms with van der Waals surface area (Å²) in [4.78, 5) is 11.9. The van der Waals surface area contributed by atoms with Crippen LogP contribution in [-0.4, -0.2) is 26.0 Å². The molecule has 1 aliphatic carbocycles. The highest BCUT2D eigenvalue weighted by Crippen LogP contribution is 2.24. The van der Waals surface area contributed by atoms with Gasteiger partial charge in [-0.3, -0.25) is 4.79 Å². The molecule has 0 unspecified atom stereocenters. The van der Waals surface area contributed by atoms with Gasteiger partial charge in [0.25, 0.3) is 0 Å². The fourth-order valence-electron chi connectivity index (χ4n) is 2.49. The second kappa shape index (κ2) is 5.42. The van der Waals surface area contributed by atoms with E-state index in [0.717, 1.165) is 18.5 Å². The lowest BCUT2D eigenvalue weighted by Crippen LogP contribution is -2.19. The van der Waals surface area contributed by atoms with Crippen LogP contribution in [0.25, 0.3) is 0 Å². The van der Waals surface area contributed by atoms with Crippen molar-refractivity contribution in [2.24, 2.45) is 0 Å². The first kappa shape index (κ1) is 12.8. The van der Waals surface area contributed by atoms with E-state index < -0.39 is 0 Å². The smallest absolute Gasteiger partial charge is 0.246 e. The Bertz CT molecular complexity index is 636. The normalized spacial score (nSPS) is 13.2. The molecule has 2 aromatic rings. The van der Waals surface area contributed by atoms with Crippen molar-refractivity contribution in [3.8, 4) is 0 Å². The number of anilines is 1. The second-order valence-corrected chi connectivity index (χ2v) is 4.95. The highest BCUT2D eigenvalue weighted by Gasteiger charge is 2.12. The van der Waals surface area contributed by atoms with Gasteiger partial charge in [-0.1, -0.05) is 11.3 Å². The van der Waals surface area contributed by atoms with Crippen LogP contribution < -0.4 is 5.32 Å². The number of benzene rings is 1. The summed E-state index contributed by atoms with van der Waals surface area (Å²) >= 11 is 0. The third-order valence-electron chi connectivity index (χ3n) is 3.44. The van der Waals surface area contributed by atoms with Crippen LogP contribution in [0.4, 0.5) is 5.69 Å². The molecule has 3 rings (SSSR count). The van der Waals surface area contributed by atoms with Gasteiger partial charge in [-0.15, -0.1) is 5.10 Å². The van der Waals surface area contributed by atoms with Gasteiger partial charge in [0.15, 0.2) is 0 Å². The monoisotopic (exact) mass is 272 g/mol. The molecule has 1 aromatic heterocycles. The number of nitrogens with one attached hydrogen (secondary N) is 1.